The van der Waals surface area contributed by atoms with E-state index in [1.165, 1.54) is 12.1 Å². The minimum Gasteiger partial charge on any atom is -0.394 e. The maximum absolute atomic E-state index is 15.1. The quantitative estimate of drug-likeness (QED) is 0.502. The van der Waals surface area contributed by atoms with Gasteiger partial charge in [0, 0.05) is 16.8 Å². The highest BCUT2D eigenvalue weighted by Gasteiger charge is 2.23. The van der Waals surface area contributed by atoms with Gasteiger partial charge >= 0.3 is 0 Å². The lowest BCUT2D eigenvalue weighted by Gasteiger charge is -2.24. The minimum absolute atomic E-state index is 0.0970. The molecule has 1 amide bonds. The van der Waals surface area contributed by atoms with E-state index in [-0.39, 0.29) is 18.1 Å². The van der Waals surface area contributed by atoms with Crippen molar-refractivity contribution in [3.63, 3.8) is 0 Å². The number of carbonyl (C=O) groups excluding carboxylic acids is 1. The van der Waals surface area contributed by atoms with Gasteiger partial charge in [0.15, 0.2) is 0 Å². The molecule has 8 heteroatoms. The molecule has 2 aromatic rings. The highest BCUT2D eigenvalue weighted by atomic mass is 35.5. The molecule has 2 aliphatic rings. The van der Waals surface area contributed by atoms with Crippen LogP contribution in [-0.2, 0) is 0 Å². The van der Waals surface area contributed by atoms with Gasteiger partial charge in [0.2, 0.25) is 0 Å². The third-order valence-corrected chi connectivity index (χ3v) is 7.70. The summed E-state index contributed by atoms with van der Waals surface area (Å²) in [4.78, 5) is 17.2. The lowest BCUT2D eigenvalue weighted by molar-refractivity contribution is 0.0921. The first-order chi connectivity index (χ1) is 16.4. The number of nitrogens with two attached hydrogens (primary N) is 1. The van der Waals surface area contributed by atoms with E-state index in [0.717, 1.165) is 35.5 Å². The van der Waals surface area contributed by atoms with Gasteiger partial charge in [-0.1, -0.05) is 30.7 Å². The molecule has 0 radical (unpaired) electrons. The van der Waals surface area contributed by atoms with Gasteiger partial charge in [-0.05, 0) is 83.6 Å². The Balaban J connectivity index is 1.54. The van der Waals surface area contributed by atoms with Gasteiger partial charge in [-0.3, -0.25) is 4.79 Å². The Labute approximate surface area is 208 Å². The van der Waals surface area contributed by atoms with Crippen molar-refractivity contribution in [2.45, 2.75) is 38.1 Å². The number of allylic oxidation sites excluding steroid dienone is 3. The number of halogens is 2. The fourth-order valence-corrected chi connectivity index (χ4v) is 6.03. The van der Waals surface area contributed by atoms with Crippen molar-refractivity contribution in [1.29, 1.82) is 0 Å². The van der Waals surface area contributed by atoms with Gasteiger partial charge in [0.25, 0.3) is 5.91 Å². The lowest BCUT2D eigenvalue weighted by Crippen LogP contribution is -2.40. The summed E-state index contributed by atoms with van der Waals surface area (Å²) in [5.74, 6) is 1.94. The zero-order chi connectivity index (χ0) is 24.2. The largest absolute Gasteiger partial charge is 0.394 e. The fourth-order valence-electron chi connectivity index (χ4n) is 4.56. The molecule has 0 spiro atoms. The van der Waals surface area contributed by atoms with Gasteiger partial charge in [-0.2, -0.15) is 11.8 Å². The van der Waals surface area contributed by atoms with Crippen molar-refractivity contribution < 1.29 is 14.3 Å². The third-order valence-electron chi connectivity index (χ3n) is 6.42. The topological polar surface area (TPSA) is 88.2 Å². The molecule has 4 rings (SSSR count). The van der Waals surface area contributed by atoms with E-state index in [1.807, 2.05) is 37.0 Å². The third kappa shape index (κ3) is 5.65. The Kier molecular flexibility index (Phi) is 7.96. The Morgan fingerprint density at radius 1 is 1.35 bits per heavy atom. The number of anilines is 1. The van der Waals surface area contributed by atoms with Crippen molar-refractivity contribution >= 4 is 35.1 Å². The van der Waals surface area contributed by atoms with Crippen LogP contribution in [0.5, 0.6) is 0 Å². The first-order valence-electron chi connectivity index (χ1n) is 11.5. The first kappa shape index (κ1) is 24.8. The van der Waals surface area contributed by atoms with Gasteiger partial charge in [-0.15, -0.1) is 0 Å². The normalized spacial score (nSPS) is 19.8. The first-order valence-corrected chi connectivity index (χ1v) is 13.0. The molecule has 0 bridgehead atoms. The molecular weight excluding hydrogens is 473 g/mol. The summed E-state index contributed by atoms with van der Waals surface area (Å²) in [6.07, 6.45) is 8.32. The second-order valence-corrected chi connectivity index (χ2v) is 10.6. The van der Waals surface area contributed by atoms with Crippen molar-refractivity contribution in [1.82, 2.24) is 10.3 Å². The summed E-state index contributed by atoms with van der Waals surface area (Å²) >= 11 is 8.11. The minimum atomic E-state index is -0.658. The van der Waals surface area contributed by atoms with Crippen LogP contribution < -0.4 is 11.1 Å². The molecule has 1 unspecified atom stereocenters. The Morgan fingerprint density at radius 2 is 2.12 bits per heavy atom. The van der Waals surface area contributed by atoms with E-state index in [4.69, 9.17) is 17.3 Å². The van der Waals surface area contributed by atoms with Gasteiger partial charge < -0.3 is 16.2 Å². The Morgan fingerprint density at radius 3 is 2.79 bits per heavy atom. The predicted octanol–water partition coefficient (Wildman–Crippen LogP) is 5.26. The zero-order valence-electron chi connectivity index (χ0n) is 19.1. The highest BCUT2D eigenvalue weighted by molar-refractivity contribution is 7.99. The van der Waals surface area contributed by atoms with Gasteiger partial charge in [0.1, 0.15) is 11.6 Å². The van der Waals surface area contributed by atoms with Crippen molar-refractivity contribution in [2.24, 2.45) is 5.92 Å². The second-order valence-electron chi connectivity index (χ2n) is 8.94. The summed E-state index contributed by atoms with van der Waals surface area (Å²) < 4.78 is 15.1. The number of carbonyl (C=O) groups is 1. The molecule has 1 fully saturated rings. The van der Waals surface area contributed by atoms with Crippen LogP contribution in [0.2, 0.25) is 0 Å². The fraction of sp³-hybridized carbons (Fsp3) is 0.385. The SMILES string of the molecule is CC1C=C(Cl)C=C([C@@H](CO)NC(=O)c2ccc(-c3cc(C4CCSCC4)cnc3N)cc2F)C1. The van der Waals surface area contributed by atoms with Crippen molar-refractivity contribution in [3.05, 3.63) is 70.2 Å². The number of rotatable bonds is 6. The molecule has 1 aliphatic heterocycles. The molecule has 2 atom stereocenters. The average molecular weight is 502 g/mol. The van der Waals surface area contributed by atoms with Crippen LogP contribution >= 0.6 is 23.4 Å². The number of thioether (sulfide) groups is 1. The summed E-state index contributed by atoms with van der Waals surface area (Å²) in [7, 11) is 0. The maximum atomic E-state index is 15.1. The molecule has 2 heterocycles. The van der Waals surface area contributed by atoms with Crippen molar-refractivity contribution in [2.75, 3.05) is 23.8 Å². The molecule has 1 aromatic heterocycles. The number of nitrogens with one attached hydrogen (secondary N) is 1. The number of nitrogen functional groups attached to an aromatic ring is 1. The molecule has 5 nitrogen and oxygen atoms in total. The number of aliphatic hydroxyl groups excluding tert-OH is 1. The van der Waals surface area contributed by atoms with E-state index < -0.39 is 17.8 Å². The van der Waals surface area contributed by atoms with Crippen LogP contribution in [0.25, 0.3) is 11.1 Å². The summed E-state index contributed by atoms with van der Waals surface area (Å²) in [6.45, 7) is 1.70. The monoisotopic (exact) mass is 501 g/mol. The summed E-state index contributed by atoms with van der Waals surface area (Å²) in [6, 6.07) is 5.80. The van der Waals surface area contributed by atoms with E-state index in [1.54, 1.807) is 12.1 Å². The van der Waals surface area contributed by atoms with Crippen LogP contribution in [0.4, 0.5) is 10.2 Å². The summed E-state index contributed by atoms with van der Waals surface area (Å²) in [5, 5.41) is 13.1. The maximum Gasteiger partial charge on any atom is 0.254 e. The van der Waals surface area contributed by atoms with E-state index in [9.17, 15) is 9.90 Å². The number of benzene rings is 1. The molecule has 4 N–H and O–H groups in total. The number of amides is 1. The van der Waals surface area contributed by atoms with Gasteiger partial charge in [0.05, 0.1) is 18.2 Å². The Hall–Kier alpha value is -2.35. The van der Waals surface area contributed by atoms with Crippen molar-refractivity contribution in [3.8, 4) is 11.1 Å². The number of aliphatic hydroxyl groups is 1. The van der Waals surface area contributed by atoms with Gasteiger partial charge in [-0.25, -0.2) is 9.37 Å². The molecule has 1 aliphatic carbocycles. The van der Waals surface area contributed by atoms with Crippen LogP contribution in [0.1, 0.15) is 48.0 Å². The highest BCUT2D eigenvalue weighted by Crippen LogP contribution is 2.35. The predicted molar refractivity (Wildman–Crippen MR) is 137 cm³/mol. The van der Waals surface area contributed by atoms with E-state index in [0.29, 0.717) is 34.3 Å². The number of nitrogens with zero attached hydrogens (tertiary/aromatic N) is 1. The van der Waals surface area contributed by atoms with E-state index in [2.05, 4.69) is 10.3 Å². The molecular formula is C26H29ClFN3O2S. The number of pyridine rings is 1. The number of hydrogen-bond acceptors (Lipinski definition) is 5. The summed E-state index contributed by atoms with van der Waals surface area (Å²) in [5.41, 5.74) is 9.18. The molecule has 34 heavy (non-hydrogen) atoms. The van der Waals surface area contributed by atoms with Crippen LogP contribution in [-0.4, -0.2) is 40.2 Å². The Bertz CT molecular complexity index is 1130. The standard InChI is InChI=1S/C26H29ClFN3O2S/c1-15-8-18(10-20(27)9-15)24(14-32)31-26(33)21-3-2-17(12-23(21)28)22-11-19(13-30-25(22)29)16-4-6-34-7-5-16/h2-3,9-13,15-16,24,32H,4-8,14H2,1H3,(H2,29,30)(H,31,33)/t15?,24-/m1/s1. The molecule has 1 saturated heterocycles. The number of aromatic nitrogens is 1. The lowest BCUT2D eigenvalue weighted by atomic mass is 9.91. The smallest absolute Gasteiger partial charge is 0.254 e. The van der Waals surface area contributed by atoms with Crippen LogP contribution in [0.15, 0.2) is 53.2 Å². The van der Waals surface area contributed by atoms with Crippen LogP contribution in [0.3, 0.4) is 0 Å². The van der Waals surface area contributed by atoms with E-state index >= 15 is 4.39 Å². The zero-order valence-corrected chi connectivity index (χ0v) is 20.6. The average Bonchev–Trinajstić information content (AvgIpc) is 2.82. The molecule has 180 valence electrons. The molecule has 0 saturated carbocycles. The molecule has 1 aromatic carbocycles. The second kappa shape index (κ2) is 10.9. The number of hydrogen-bond donors (Lipinski definition) is 3. The van der Waals surface area contributed by atoms with Crippen LogP contribution in [0, 0.1) is 11.7 Å².